The molecule has 2 rings (SSSR count). The number of benzene rings is 1. The maximum Gasteiger partial charge on any atom is 0.230 e. The van der Waals surface area contributed by atoms with E-state index in [1.54, 1.807) is 11.8 Å². The third-order valence-electron chi connectivity index (χ3n) is 2.66. The van der Waals surface area contributed by atoms with Crippen molar-refractivity contribution in [3.8, 4) is 5.75 Å². The highest BCUT2D eigenvalue weighted by molar-refractivity contribution is 7.99. The fraction of sp³-hybridized carbons (Fsp3) is 0.500. The largest absolute Gasteiger partial charge is 0.493 e. The average Bonchev–Trinajstić information content (AvgIpc) is 3.12. The summed E-state index contributed by atoms with van der Waals surface area (Å²) in [4.78, 5) is 11.4. The first-order chi connectivity index (χ1) is 8.74. The number of amides is 1. The molecule has 0 atom stereocenters. The van der Waals surface area contributed by atoms with Gasteiger partial charge in [0, 0.05) is 11.8 Å². The van der Waals surface area contributed by atoms with Crippen molar-refractivity contribution in [2.75, 3.05) is 18.1 Å². The van der Waals surface area contributed by atoms with Gasteiger partial charge in [-0.1, -0.05) is 12.1 Å². The van der Waals surface area contributed by atoms with Crippen LogP contribution in [-0.2, 0) is 4.79 Å². The second-order valence-corrected chi connectivity index (χ2v) is 5.66. The average molecular weight is 265 g/mol. The van der Waals surface area contributed by atoms with Gasteiger partial charge in [0.15, 0.2) is 0 Å². The molecule has 0 aliphatic heterocycles. The second-order valence-electron chi connectivity index (χ2n) is 4.56. The number of carbonyl (C=O) groups excluding carboxylic acids is 1. The Balaban J connectivity index is 1.54. The topological polar surface area (TPSA) is 38.3 Å². The van der Waals surface area contributed by atoms with Crippen molar-refractivity contribution in [2.24, 2.45) is 0 Å². The molecule has 1 aliphatic carbocycles. The van der Waals surface area contributed by atoms with Crippen LogP contribution in [0.15, 0.2) is 24.3 Å². The van der Waals surface area contributed by atoms with Crippen molar-refractivity contribution >= 4 is 17.7 Å². The van der Waals surface area contributed by atoms with Crippen LogP contribution < -0.4 is 10.1 Å². The Labute approximate surface area is 112 Å². The van der Waals surface area contributed by atoms with Crippen LogP contribution in [-0.4, -0.2) is 30.1 Å². The molecule has 4 heteroatoms. The third kappa shape index (κ3) is 5.00. The Morgan fingerprint density at radius 3 is 3.06 bits per heavy atom. The van der Waals surface area contributed by atoms with Gasteiger partial charge >= 0.3 is 0 Å². The number of hydrogen-bond donors (Lipinski definition) is 1. The van der Waals surface area contributed by atoms with Crippen LogP contribution >= 0.6 is 11.8 Å². The monoisotopic (exact) mass is 265 g/mol. The molecule has 1 saturated carbocycles. The van der Waals surface area contributed by atoms with Crippen molar-refractivity contribution in [3.05, 3.63) is 29.8 Å². The first-order valence-corrected chi connectivity index (χ1v) is 7.46. The molecule has 1 N–H and O–H groups in total. The number of ether oxygens (including phenoxy) is 1. The van der Waals surface area contributed by atoms with Gasteiger partial charge in [0.1, 0.15) is 5.75 Å². The van der Waals surface area contributed by atoms with Gasteiger partial charge in [-0.25, -0.2) is 0 Å². The van der Waals surface area contributed by atoms with Crippen LogP contribution in [0.4, 0.5) is 0 Å². The molecule has 1 aromatic rings. The van der Waals surface area contributed by atoms with Gasteiger partial charge < -0.3 is 10.1 Å². The van der Waals surface area contributed by atoms with E-state index in [0.29, 0.717) is 18.4 Å². The summed E-state index contributed by atoms with van der Waals surface area (Å²) >= 11 is 1.62. The van der Waals surface area contributed by atoms with Gasteiger partial charge in [0.2, 0.25) is 5.91 Å². The summed E-state index contributed by atoms with van der Waals surface area (Å²) < 4.78 is 5.61. The molecule has 0 unspecified atom stereocenters. The predicted octanol–water partition coefficient (Wildman–Crippen LogP) is 2.39. The van der Waals surface area contributed by atoms with Crippen molar-refractivity contribution in [3.63, 3.8) is 0 Å². The molecule has 3 nitrogen and oxygen atoms in total. The zero-order valence-electron chi connectivity index (χ0n) is 10.6. The first-order valence-electron chi connectivity index (χ1n) is 6.30. The predicted molar refractivity (Wildman–Crippen MR) is 75.2 cm³/mol. The van der Waals surface area contributed by atoms with E-state index < -0.39 is 0 Å². The minimum absolute atomic E-state index is 0.151. The van der Waals surface area contributed by atoms with Gasteiger partial charge in [0.05, 0.1) is 12.4 Å². The Bertz CT molecular complexity index is 405. The molecule has 1 aliphatic rings. The van der Waals surface area contributed by atoms with Gasteiger partial charge in [-0.3, -0.25) is 4.79 Å². The zero-order valence-corrected chi connectivity index (χ0v) is 11.5. The van der Waals surface area contributed by atoms with E-state index in [9.17, 15) is 4.79 Å². The summed E-state index contributed by atoms with van der Waals surface area (Å²) in [5.74, 6) is 2.43. The molecule has 0 spiro atoms. The van der Waals surface area contributed by atoms with Gasteiger partial charge in [-0.2, -0.15) is 0 Å². The van der Waals surface area contributed by atoms with Gasteiger partial charge in [0.25, 0.3) is 0 Å². The molecule has 1 aromatic carbocycles. The van der Waals surface area contributed by atoms with Crippen molar-refractivity contribution in [2.45, 2.75) is 25.8 Å². The van der Waals surface area contributed by atoms with E-state index in [0.717, 1.165) is 24.3 Å². The Kier molecular flexibility index (Phi) is 4.93. The first kappa shape index (κ1) is 13.3. The van der Waals surface area contributed by atoms with E-state index in [4.69, 9.17) is 4.74 Å². The number of carbonyl (C=O) groups is 1. The number of thioether (sulfide) groups is 1. The Morgan fingerprint density at radius 2 is 2.33 bits per heavy atom. The number of rotatable bonds is 7. The number of nitrogens with one attached hydrogen (secondary N) is 1. The molecular formula is C14H19NO2S. The zero-order chi connectivity index (χ0) is 12.8. The highest BCUT2D eigenvalue weighted by Gasteiger charge is 2.22. The van der Waals surface area contributed by atoms with E-state index in [1.807, 2.05) is 31.2 Å². The molecular weight excluding hydrogens is 246 g/mol. The van der Waals surface area contributed by atoms with Crippen molar-refractivity contribution < 1.29 is 9.53 Å². The van der Waals surface area contributed by atoms with Crippen LogP contribution in [0.3, 0.4) is 0 Å². The van der Waals surface area contributed by atoms with Crippen LogP contribution in [0.1, 0.15) is 18.4 Å². The van der Waals surface area contributed by atoms with Crippen LogP contribution in [0, 0.1) is 6.92 Å². The third-order valence-corrected chi connectivity index (χ3v) is 3.58. The summed E-state index contributed by atoms with van der Waals surface area (Å²) in [5.41, 5.74) is 1.20. The minimum Gasteiger partial charge on any atom is -0.493 e. The molecule has 1 amide bonds. The summed E-state index contributed by atoms with van der Waals surface area (Å²) in [6, 6.07) is 8.47. The lowest BCUT2D eigenvalue weighted by Gasteiger charge is -2.06. The molecule has 1 fully saturated rings. The summed E-state index contributed by atoms with van der Waals surface area (Å²) in [6.07, 6.45) is 2.29. The van der Waals surface area contributed by atoms with Crippen LogP contribution in [0.5, 0.6) is 5.75 Å². The van der Waals surface area contributed by atoms with E-state index in [2.05, 4.69) is 5.32 Å². The lowest BCUT2D eigenvalue weighted by atomic mass is 10.2. The van der Waals surface area contributed by atoms with E-state index in [1.165, 1.54) is 5.56 Å². The van der Waals surface area contributed by atoms with Gasteiger partial charge in [-0.15, -0.1) is 11.8 Å². The normalized spacial score (nSPS) is 14.3. The maximum absolute atomic E-state index is 11.4. The molecule has 0 heterocycles. The highest BCUT2D eigenvalue weighted by Crippen LogP contribution is 2.18. The molecule has 98 valence electrons. The molecule has 0 radical (unpaired) electrons. The Hall–Kier alpha value is -1.16. The lowest BCUT2D eigenvalue weighted by molar-refractivity contribution is -0.118. The van der Waals surface area contributed by atoms with Crippen LogP contribution in [0.25, 0.3) is 0 Å². The van der Waals surface area contributed by atoms with Crippen LogP contribution in [0.2, 0.25) is 0 Å². The molecule has 18 heavy (non-hydrogen) atoms. The Morgan fingerprint density at radius 1 is 1.50 bits per heavy atom. The minimum atomic E-state index is 0.151. The number of aryl methyl sites for hydroxylation is 1. The molecule has 0 bridgehead atoms. The summed E-state index contributed by atoms with van der Waals surface area (Å²) in [7, 11) is 0. The quantitative estimate of drug-likeness (QED) is 0.769. The van der Waals surface area contributed by atoms with Gasteiger partial charge in [-0.05, 0) is 37.5 Å². The smallest absolute Gasteiger partial charge is 0.230 e. The van der Waals surface area contributed by atoms with E-state index in [-0.39, 0.29) is 5.91 Å². The standard InChI is InChI=1S/C14H19NO2S/c1-11-3-2-4-13(9-11)17-7-8-18-10-14(16)15-12-5-6-12/h2-4,9,12H,5-8,10H2,1H3,(H,15,16). The SMILES string of the molecule is Cc1cccc(OCCSCC(=O)NC2CC2)c1. The maximum atomic E-state index is 11.4. The highest BCUT2D eigenvalue weighted by atomic mass is 32.2. The van der Waals surface area contributed by atoms with Crippen molar-refractivity contribution in [1.29, 1.82) is 0 Å². The molecule has 0 saturated heterocycles. The van der Waals surface area contributed by atoms with E-state index >= 15 is 0 Å². The fourth-order valence-electron chi connectivity index (χ4n) is 1.59. The molecule has 0 aromatic heterocycles. The number of hydrogen-bond acceptors (Lipinski definition) is 3. The fourth-order valence-corrected chi connectivity index (χ4v) is 2.20. The van der Waals surface area contributed by atoms with Crippen molar-refractivity contribution in [1.82, 2.24) is 5.32 Å². The second kappa shape index (κ2) is 6.69. The summed E-state index contributed by atoms with van der Waals surface area (Å²) in [5, 5.41) is 2.97. The summed E-state index contributed by atoms with van der Waals surface area (Å²) in [6.45, 7) is 2.69. The lowest BCUT2D eigenvalue weighted by Crippen LogP contribution is -2.27.